The van der Waals surface area contributed by atoms with Crippen LogP contribution in [0.2, 0.25) is 0 Å². The van der Waals surface area contributed by atoms with Crippen LogP contribution in [0, 0.1) is 0 Å². The van der Waals surface area contributed by atoms with E-state index in [1.807, 2.05) is 25.8 Å². The van der Waals surface area contributed by atoms with E-state index in [9.17, 15) is 13.2 Å². The van der Waals surface area contributed by atoms with Crippen LogP contribution in [-0.2, 0) is 15.8 Å². The second-order valence-corrected chi connectivity index (χ2v) is 7.04. The van der Waals surface area contributed by atoms with Crippen molar-refractivity contribution in [3.8, 4) is 0 Å². The molecule has 0 aliphatic carbocycles. The van der Waals surface area contributed by atoms with Crippen LogP contribution in [-0.4, -0.2) is 50.6 Å². The number of hydrogen-bond donors (Lipinski definition) is 2. The summed E-state index contributed by atoms with van der Waals surface area (Å²) < 4.78 is 26.4. The molecule has 1 aromatic rings. The van der Waals surface area contributed by atoms with Crippen LogP contribution in [0.15, 0.2) is 24.3 Å². The molecule has 0 atom stereocenters. The zero-order valence-corrected chi connectivity index (χ0v) is 13.4. The van der Waals surface area contributed by atoms with Crippen LogP contribution >= 0.6 is 0 Å². The van der Waals surface area contributed by atoms with Crippen molar-refractivity contribution in [1.82, 2.24) is 9.62 Å². The molecule has 0 aliphatic rings. The first-order valence-electron chi connectivity index (χ1n) is 6.71. The van der Waals surface area contributed by atoms with Gasteiger partial charge in [-0.2, -0.15) is 0 Å². The minimum Gasteiger partial charge on any atom is -0.478 e. The Morgan fingerprint density at radius 2 is 1.86 bits per heavy atom. The minimum atomic E-state index is -3.41. The quantitative estimate of drug-likeness (QED) is 0.751. The van der Waals surface area contributed by atoms with E-state index in [2.05, 4.69) is 4.72 Å². The van der Waals surface area contributed by atoms with Gasteiger partial charge in [-0.3, -0.25) is 0 Å². The van der Waals surface area contributed by atoms with E-state index in [0.717, 1.165) is 0 Å². The Bertz CT molecular complexity index is 567. The van der Waals surface area contributed by atoms with Crippen LogP contribution in [0.25, 0.3) is 0 Å². The molecule has 1 aromatic carbocycles. The molecule has 0 fully saturated rings. The minimum absolute atomic E-state index is 0.141. The standard InChI is InChI=1S/C14H22N2O4S/c1-11(2)16(3)9-8-15-21(19,20)10-12-4-6-13(7-5-12)14(17)18/h4-7,11,15H,8-10H2,1-3H3,(H,17,18). The van der Waals surface area contributed by atoms with E-state index < -0.39 is 16.0 Å². The van der Waals surface area contributed by atoms with Crippen LogP contribution in [0.5, 0.6) is 0 Å². The largest absolute Gasteiger partial charge is 0.478 e. The fourth-order valence-corrected chi connectivity index (χ4v) is 2.79. The Kier molecular flexibility index (Phi) is 6.32. The van der Waals surface area contributed by atoms with E-state index in [-0.39, 0.29) is 11.3 Å². The number of carboxylic acids is 1. The van der Waals surface area contributed by atoms with Gasteiger partial charge in [0.05, 0.1) is 11.3 Å². The van der Waals surface area contributed by atoms with Gasteiger partial charge in [0.15, 0.2) is 0 Å². The molecule has 21 heavy (non-hydrogen) atoms. The summed E-state index contributed by atoms with van der Waals surface area (Å²) in [5.74, 6) is -1.18. The molecule has 0 spiro atoms. The van der Waals surface area contributed by atoms with Gasteiger partial charge >= 0.3 is 5.97 Å². The molecule has 7 heteroatoms. The number of aromatic carboxylic acids is 1. The summed E-state index contributed by atoms with van der Waals surface area (Å²) in [7, 11) is -1.48. The molecule has 0 aliphatic heterocycles. The highest BCUT2D eigenvalue weighted by molar-refractivity contribution is 7.88. The fourth-order valence-electron chi connectivity index (χ4n) is 1.65. The maximum absolute atomic E-state index is 11.9. The van der Waals surface area contributed by atoms with E-state index in [1.165, 1.54) is 24.3 Å². The molecule has 0 amide bonds. The number of nitrogens with one attached hydrogen (secondary N) is 1. The van der Waals surface area contributed by atoms with Crippen LogP contribution < -0.4 is 4.72 Å². The highest BCUT2D eigenvalue weighted by atomic mass is 32.2. The van der Waals surface area contributed by atoms with Gasteiger partial charge in [0.25, 0.3) is 0 Å². The molecule has 118 valence electrons. The second kappa shape index (κ2) is 7.53. The van der Waals surface area contributed by atoms with Crippen LogP contribution in [0.1, 0.15) is 29.8 Å². The zero-order chi connectivity index (χ0) is 16.0. The third-order valence-corrected chi connectivity index (χ3v) is 4.58. The lowest BCUT2D eigenvalue weighted by molar-refractivity contribution is 0.0697. The molecule has 0 bridgehead atoms. The molecule has 0 heterocycles. The fraction of sp³-hybridized carbons (Fsp3) is 0.500. The molecule has 1 rings (SSSR count). The van der Waals surface area contributed by atoms with Gasteiger partial charge in [0.2, 0.25) is 10.0 Å². The monoisotopic (exact) mass is 314 g/mol. The van der Waals surface area contributed by atoms with Gasteiger partial charge < -0.3 is 10.0 Å². The molecule has 6 nitrogen and oxygen atoms in total. The third-order valence-electron chi connectivity index (χ3n) is 3.23. The number of likely N-dealkylation sites (N-methyl/N-ethyl adjacent to an activating group) is 1. The van der Waals surface area contributed by atoms with E-state index >= 15 is 0 Å². The summed E-state index contributed by atoms with van der Waals surface area (Å²) in [6.07, 6.45) is 0. The van der Waals surface area contributed by atoms with Gasteiger partial charge in [0, 0.05) is 19.1 Å². The Morgan fingerprint density at radius 1 is 1.29 bits per heavy atom. The van der Waals surface area contributed by atoms with Crippen molar-refractivity contribution < 1.29 is 18.3 Å². The number of rotatable bonds is 8. The van der Waals surface area contributed by atoms with Crippen molar-refractivity contribution in [2.75, 3.05) is 20.1 Å². The lowest BCUT2D eigenvalue weighted by Gasteiger charge is -2.20. The van der Waals surface area contributed by atoms with Crippen molar-refractivity contribution in [2.45, 2.75) is 25.6 Å². The maximum atomic E-state index is 11.9. The summed E-state index contributed by atoms with van der Waals surface area (Å²) >= 11 is 0. The maximum Gasteiger partial charge on any atom is 0.335 e. The van der Waals surface area contributed by atoms with Gasteiger partial charge in [0.1, 0.15) is 0 Å². The van der Waals surface area contributed by atoms with E-state index in [0.29, 0.717) is 24.7 Å². The van der Waals surface area contributed by atoms with Gasteiger partial charge in [-0.15, -0.1) is 0 Å². The molecule has 0 unspecified atom stereocenters. The van der Waals surface area contributed by atoms with Gasteiger partial charge in [-0.1, -0.05) is 12.1 Å². The van der Waals surface area contributed by atoms with Crippen molar-refractivity contribution in [3.63, 3.8) is 0 Å². The van der Waals surface area contributed by atoms with Crippen molar-refractivity contribution in [1.29, 1.82) is 0 Å². The Balaban J connectivity index is 2.54. The SMILES string of the molecule is CC(C)N(C)CCNS(=O)(=O)Cc1ccc(C(=O)O)cc1. The lowest BCUT2D eigenvalue weighted by atomic mass is 10.1. The highest BCUT2D eigenvalue weighted by Gasteiger charge is 2.12. The Hall–Kier alpha value is -1.44. The number of sulfonamides is 1. The molecule has 0 saturated heterocycles. The van der Waals surface area contributed by atoms with Crippen molar-refractivity contribution in [2.24, 2.45) is 0 Å². The highest BCUT2D eigenvalue weighted by Crippen LogP contribution is 2.08. The van der Waals surface area contributed by atoms with E-state index in [4.69, 9.17) is 5.11 Å². The average Bonchev–Trinajstić information content (AvgIpc) is 2.38. The second-order valence-electron chi connectivity index (χ2n) is 5.23. The first-order valence-corrected chi connectivity index (χ1v) is 8.36. The number of benzene rings is 1. The molecule has 0 aromatic heterocycles. The lowest BCUT2D eigenvalue weighted by Crippen LogP contribution is -2.36. The summed E-state index contributed by atoms with van der Waals surface area (Å²) in [4.78, 5) is 12.8. The van der Waals surface area contributed by atoms with E-state index in [1.54, 1.807) is 0 Å². The summed E-state index contributed by atoms with van der Waals surface area (Å²) in [5, 5.41) is 8.79. The Labute approximate surface area is 125 Å². The molecular formula is C14H22N2O4S. The van der Waals surface area contributed by atoms with Crippen molar-refractivity contribution in [3.05, 3.63) is 35.4 Å². The molecule has 0 saturated carbocycles. The van der Waals surface area contributed by atoms with Crippen LogP contribution in [0.4, 0.5) is 0 Å². The first-order chi connectivity index (χ1) is 9.71. The Morgan fingerprint density at radius 3 is 2.33 bits per heavy atom. The van der Waals surface area contributed by atoms with Gasteiger partial charge in [-0.05, 0) is 38.6 Å². The van der Waals surface area contributed by atoms with Crippen molar-refractivity contribution >= 4 is 16.0 Å². The van der Waals surface area contributed by atoms with Crippen LogP contribution in [0.3, 0.4) is 0 Å². The summed E-state index contributed by atoms with van der Waals surface area (Å²) in [5.41, 5.74) is 0.701. The smallest absolute Gasteiger partial charge is 0.335 e. The summed E-state index contributed by atoms with van der Waals surface area (Å²) in [6.45, 7) is 5.07. The third kappa shape index (κ3) is 6.24. The average molecular weight is 314 g/mol. The zero-order valence-electron chi connectivity index (χ0n) is 12.5. The number of carboxylic acid groups (broad SMARTS) is 1. The molecular weight excluding hydrogens is 292 g/mol. The number of nitrogens with zero attached hydrogens (tertiary/aromatic N) is 1. The normalized spacial score (nSPS) is 12.0. The predicted octanol–water partition coefficient (Wildman–Crippen LogP) is 1.14. The number of hydrogen-bond acceptors (Lipinski definition) is 4. The topological polar surface area (TPSA) is 86.7 Å². The van der Waals surface area contributed by atoms with Gasteiger partial charge in [-0.25, -0.2) is 17.9 Å². The number of carbonyl (C=O) groups is 1. The molecule has 2 N–H and O–H groups in total. The first kappa shape index (κ1) is 17.6. The summed E-state index contributed by atoms with van der Waals surface area (Å²) in [6, 6.07) is 6.20. The molecule has 0 radical (unpaired) electrons. The predicted molar refractivity (Wildman–Crippen MR) is 81.8 cm³/mol.